The molecule has 6 nitrogen and oxygen atoms in total. The SMILES string of the molecule is CNC(=O)c1ncoc1C1C2CC1N(C(=O)c1cc(Cl)ccc1C)C2. The second kappa shape index (κ2) is 5.88. The molecule has 1 aromatic heterocycles. The number of rotatable bonds is 3. The van der Waals surface area contributed by atoms with Gasteiger partial charge in [-0.25, -0.2) is 4.98 Å². The molecule has 0 radical (unpaired) electrons. The Morgan fingerprint density at radius 3 is 2.96 bits per heavy atom. The monoisotopic (exact) mass is 359 g/mol. The third-order valence-corrected chi connectivity index (χ3v) is 5.56. The zero-order valence-corrected chi connectivity index (χ0v) is 14.7. The van der Waals surface area contributed by atoms with Crippen molar-refractivity contribution >= 4 is 23.4 Å². The van der Waals surface area contributed by atoms with Crippen LogP contribution in [0.1, 0.15) is 44.5 Å². The summed E-state index contributed by atoms with van der Waals surface area (Å²) in [5, 5.41) is 3.13. The fourth-order valence-electron chi connectivity index (χ4n) is 4.00. The lowest BCUT2D eigenvalue weighted by atomic mass is 9.72. The maximum Gasteiger partial charge on any atom is 0.273 e. The molecule has 1 saturated carbocycles. The smallest absolute Gasteiger partial charge is 0.273 e. The van der Waals surface area contributed by atoms with Crippen LogP contribution in [0.2, 0.25) is 5.02 Å². The number of aryl methyl sites for hydroxylation is 1. The number of halogens is 1. The number of hydrogen-bond donors (Lipinski definition) is 1. The van der Waals surface area contributed by atoms with Gasteiger partial charge in [-0.3, -0.25) is 9.59 Å². The fraction of sp³-hybridized carbons (Fsp3) is 0.389. The fourth-order valence-corrected chi connectivity index (χ4v) is 4.17. The maximum absolute atomic E-state index is 13.0. The Hall–Kier alpha value is -2.34. The summed E-state index contributed by atoms with van der Waals surface area (Å²) in [6.45, 7) is 2.57. The second-order valence-corrected chi connectivity index (χ2v) is 7.09. The van der Waals surface area contributed by atoms with Crippen molar-refractivity contribution in [3.8, 4) is 0 Å². The van der Waals surface area contributed by atoms with Crippen molar-refractivity contribution in [3.63, 3.8) is 0 Å². The van der Waals surface area contributed by atoms with Crippen molar-refractivity contribution in [2.45, 2.75) is 25.3 Å². The van der Waals surface area contributed by atoms with E-state index in [0.29, 0.717) is 34.5 Å². The Labute approximate surface area is 150 Å². The molecule has 1 N–H and O–H groups in total. The molecule has 2 saturated heterocycles. The van der Waals surface area contributed by atoms with Crippen LogP contribution in [-0.4, -0.2) is 41.3 Å². The van der Waals surface area contributed by atoms with Gasteiger partial charge in [0.25, 0.3) is 11.8 Å². The normalized spacial score (nSPS) is 24.1. The predicted octanol–water partition coefficient (Wildman–Crippen LogP) is 2.62. The molecule has 1 aliphatic carbocycles. The lowest BCUT2D eigenvalue weighted by molar-refractivity contribution is 0.0729. The zero-order valence-electron chi connectivity index (χ0n) is 14.0. The molecular weight excluding hydrogens is 342 g/mol. The maximum atomic E-state index is 13.0. The van der Waals surface area contributed by atoms with Gasteiger partial charge in [0.2, 0.25) is 0 Å². The highest BCUT2D eigenvalue weighted by Gasteiger charge is 2.56. The first-order chi connectivity index (χ1) is 12.0. The number of hydrogen-bond acceptors (Lipinski definition) is 4. The van der Waals surface area contributed by atoms with Gasteiger partial charge < -0.3 is 14.6 Å². The van der Waals surface area contributed by atoms with Crippen LogP contribution in [0.4, 0.5) is 0 Å². The summed E-state index contributed by atoms with van der Waals surface area (Å²) in [5.41, 5.74) is 1.85. The molecule has 3 aliphatic rings. The van der Waals surface area contributed by atoms with E-state index in [1.54, 1.807) is 19.2 Å². The summed E-state index contributed by atoms with van der Waals surface area (Å²) in [5.74, 6) is 0.622. The molecule has 3 heterocycles. The van der Waals surface area contributed by atoms with Gasteiger partial charge in [0, 0.05) is 36.1 Å². The number of benzene rings is 1. The van der Waals surface area contributed by atoms with E-state index in [4.69, 9.17) is 16.0 Å². The third-order valence-electron chi connectivity index (χ3n) is 5.33. The van der Waals surface area contributed by atoms with Crippen LogP contribution in [0.15, 0.2) is 29.0 Å². The average molecular weight is 360 g/mol. The van der Waals surface area contributed by atoms with Gasteiger partial charge in [0.15, 0.2) is 12.1 Å². The molecule has 2 amide bonds. The number of nitrogens with zero attached hydrogens (tertiary/aromatic N) is 2. The van der Waals surface area contributed by atoms with Gasteiger partial charge in [-0.15, -0.1) is 0 Å². The first-order valence-corrected chi connectivity index (χ1v) is 8.61. The Morgan fingerprint density at radius 1 is 1.40 bits per heavy atom. The van der Waals surface area contributed by atoms with Gasteiger partial charge in [-0.05, 0) is 37.0 Å². The summed E-state index contributed by atoms with van der Waals surface area (Å²) in [4.78, 5) is 30.9. The first-order valence-electron chi connectivity index (χ1n) is 8.24. The van der Waals surface area contributed by atoms with Crippen LogP contribution in [0.3, 0.4) is 0 Å². The Morgan fingerprint density at radius 2 is 2.20 bits per heavy atom. The van der Waals surface area contributed by atoms with E-state index < -0.39 is 0 Å². The average Bonchev–Trinajstić information content (AvgIpc) is 3.30. The molecule has 5 rings (SSSR count). The number of aromatic nitrogens is 1. The number of amides is 2. The number of fused-ring (bicyclic) bond motifs is 1. The minimum absolute atomic E-state index is 0.0176. The van der Waals surface area contributed by atoms with E-state index in [0.717, 1.165) is 12.0 Å². The molecule has 25 heavy (non-hydrogen) atoms. The predicted molar refractivity (Wildman–Crippen MR) is 91.8 cm³/mol. The topological polar surface area (TPSA) is 75.4 Å². The highest BCUT2D eigenvalue weighted by molar-refractivity contribution is 6.31. The highest BCUT2D eigenvalue weighted by atomic mass is 35.5. The quantitative estimate of drug-likeness (QED) is 0.914. The summed E-state index contributed by atoms with van der Waals surface area (Å²) in [6.07, 6.45) is 2.22. The molecule has 3 fully saturated rings. The van der Waals surface area contributed by atoms with Crippen LogP contribution >= 0.6 is 11.6 Å². The van der Waals surface area contributed by atoms with Crippen LogP contribution in [-0.2, 0) is 0 Å². The second-order valence-electron chi connectivity index (χ2n) is 6.65. The number of nitrogens with one attached hydrogen (secondary N) is 1. The third kappa shape index (κ3) is 2.43. The van der Waals surface area contributed by atoms with E-state index in [-0.39, 0.29) is 23.8 Å². The molecule has 130 valence electrons. The van der Waals surface area contributed by atoms with Crippen molar-refractivity contribution in [1.29, 1.82) is 0 Å². The Balaban J connectivity index is 1.61. The molecule has 2 aliphatic heterocycles. The van der Waals surface area contributed by atoms with E-state index in [1.165, 1.54) is 6.39 Å². The minimum Gasteiger partial charge on any atom is -0.447 e. The first kappa shape index (κ1) is 16.1. The Kier molecular flexibility index (Phi) is 3.80. The summed E-state index contributed by atoms with van der Waals surface area (Å²) < 4.78 is 5.52. The lowest BCUT2D eigenvalue weighted by Gasteiger charge is -2.35. The van der Waals surface area contributed by atoms with E-state index >= 15 is 0 Å². The van der Waals surface area contributed by atoms with Gasteiger partial charge in [0.1, 0.15) is 5.76 Å². The Bertz CT molecular complexity index is 863. The molecule has 0 spiro atoms. The van der Waals surface area contributed by atoms with E-state index in [1.807, 2.05) is 17.9 Å². The van der Waals surface area contributed by atoms with Crippen LogP contribution < -0.4 is 5.32 Å². The molecule has 2 bridgehead atoms. The summed E-state index contributed by atoms with van der Waals surface area (Å²) >= 11 is 6.06. The van der Waals surface area contributed by atoms with Crippen molar-refractivity contribution in [2.24, 2.45) is 5.92 Å². The highest BCUT2D eigenvalue weighted by Crippen LogP contribution is 2.53. The molecule has 3 unspecified atom stereocenters. The van der Waals surface area contributed by atoms with E-state index in [2.05, 4.69) is 10.3 Å². The largest absolute Gasteiger partial charge is 0.447 e. The summed E-state index contributed by atoms with van der Waals surface area (Å²) in [7, 11) is 1.56. The van der Waals surface area contributed by atoms with Crippen molar-refractivity contribution in [1.82, 2.24) is 15.2 Å². The number of carbonyl (C=O) groups excluding carboxylic acids is 2. The lowest BCUT2D eigenvalue weighted by Crippen LogP contribution is -2.40. The van der Waals surface area contributed by atoms with Crippen LogP contribution in [0, 0.1) is 12.8 Å². The molecule has 3 atom stereocenters. The van der Waals surface area contributed by atoms with E-state index in [9.17, 15) is 9.59 Å². The molecule has 7 heteroatoms. The molecule has 2 aromatic rings. The van der Waals surface area contributed by atoms with Crippen molar-refractivity contribution in [3.05, 3.63) is 52.2 Å². The number of carbonyl (C=O) groups is 2. The molecular formula is C18H18ClN3O3. The standard InChI is InChI=1S/C18H18ClN3O3/c1-9-3-4-11(19)6-12(9)18(24)22-7-10-5-13(22)14(10)16-15(17(23)20-2)21-8-25-16/h3-4,6,8,10,13-14H,5,7H2,1-2H3,(H,20,23). The van der Waals surface area contributed by atoms with Gasteiger partial charge in [0.05, 0.1) is 0 Å². The summed E-state index contributed by atoms with van der Waals surface area (Å²) in [6, 6.07) is 5.39. The van der Waals surface area contributed by atoms with Gasteiger partial charge in [-0.1, -0.05) is 17.7 Å². The van der Waals surface area contributed by atoms with Crippen molar-refractivity contribution in [2.75, 3.05) is 13.6 Å². The van der Waals surface area contributed by atoms with Crippen molar-refractivity contribution < 1.29 is 14.0 Å². The van der Waals surface area contributed by atoms with Gasteiger partial charge in [-0.2, -0.15) is 0 Å². The zero-order chi connectivity index (χ0) is 17.7. The van der Waals surface area contributed by atoms with Crippen LogP contribution in [0.5, 0.6) is 0 Å². The minimum atomic E-state index is -0.265. The van der Waals surface area contributed by atoms with Gasteiger partial charge >= 0.3 is 0 Å². The van der Waals surface area contributed by atoms with Crippen LogP contribution in [0.25, 0.3) is 0 Å². The number of oxazole rings is 1. The molecule has 1 aromatic carbocycles.